The third-order valence-corrected chi connectivity index (χ3v) is 2.96. The summed E-state index contributed by atoms with van der Waals surface area (Å²) in [6, 6.07) is 15.1. The summed E-state index contributed by atoms with van der Waals surface area (Å²) in [5.41, 5.74) is 1.63. The Labute approximate surface area is 133 Å². The van der Waals surface area contributed by atoms with Gasteiger partial charge in [0.2, 0.25) is 0 Å². The van der Waals surface area contributed by atoms with Crippen molar-refractivity contribution in [2.45, 2.75) is 6.54 Å². The van der Waals surface area contributed by atoms with E-state index in [4.69, 9.17) is 4.74 Å². The summed E-state index contributed by atoms with van der Waals surface area (Å²) in [5.74, 6) is -1.36. The molecule has 0 bridgehead atoms. The normalized spacial score (nSPS) is 10.5. The molecule has 0 saturated heterocycles. The average Bonchev–Trinajstić information content (AvgIpc) is 2.58. The zero-order valence-corrected chi connectivity index (χ0v) is 12.4. The number of carbonyl (C=O) groups excluding carboxylic acids is 2. The molecule has 0 heterocycles. The minimum Gasteiger partial charge on any atom is -0.452 e. The Hall–Kier alpha value is -2.95. The van der Waals surface area contributed by atoms with E-state index in [0.717, 1.165) is 5.56 Å². The summed E-state index contributed by atoms with van der Waals surface area (Å²) >= 11 is 0. The van der Waals surface area contributed by atoms with Crippen LogP contribution < -0.4 is 5.32 Å². The van der Waals surface area contributed by atoms with Crippen molar-refractivity contribution in [2.24, 2.45) is 0 Å². The van der Waals surface area contributed by atoms with Crippen LogP contribution in [0.3, 0.4) is 0 Å². The molecule has 0 fully saturated rings. The molecule has 0 atom stereocenters. The molecule has 0 saturated carbocycles. The summed E-state index contributed by atoms with van der Waals surface area (Å²) < 4.78 is 17.6. The number of rotatable bonds is 6. The molecule has 0 unspecified atom stereocenters. The van der Waals surface area contributed by atoms with Gasteiger partial charge in [-0.05, 0) is 29.3 Å². The predicted molar refractivity (Wildman–Crippen MR) is 84.7 cm³/mol. The standard InChI is InChI=1S/C18H16FNO3/c19-16-9-6-14(7-10-16)8-11-18(22)23-13-17(21)20-12-15-4-2-1-3-5-15/h1-11H,12-13H2,(H,20,21)/b11-8+. The lowest BCUT2D eigenvalue weighted by atomic mass is 10.2. The van der Waals surface area contributed by atoms with Crippen LogP contribution in [0.4, 0.5) is 4.39 Å². The number of benzene rings is 2. The van der Waals surface area contributed by atoms with E-state index in [9.17, 15) is 14.0 Å². The first-order valence-electron chi connectivity index (χ1n) is 7.04. The van der Waals surface area contributed by atoms with Crippen LogP contribution >= 0.6 is 0 Å². The fraction of sp³-hybridized carbons (Fsp3) is 0.111. The lowest BCUT2D eigenvalue weighted by Gasteiger charge is -2.05. The largest absolute Gasteiger partial charge is 0.452 e. The molecule has 0 aliphatic heterocycles. The SMILES string of the molecule is O=C(COC(=O)/C=C/c1ccc(F)cc1)NCc1ccccc1. The Balaban J connectivity index is 1.71. The fourth-order valence-corrected chi connectivity index (χ4v) is 1.77. The van der Waals surface area contributed by atoms with Crippen molar-refractivity contribution >= 4 is 18.0 Å². The topological polar surface area (TPSA) is 55.4 Å². The molecular weight excluding hydrogens is 297 g/mol. The molecule has 5 heteroatoms. The van der Waals surface area contributed by atoms with Gasteiger partial charge >= 0.3 is 5.97 Å². The molecule has 1 N–H and O–H groups in total. The first-order valence-corrected chi connectivity index (χ1v) is 7.04. The second kappa shape index (κ2) is 8.48. The van der Waals surface area contributed by atoms with Gasteiger partial charge in [-0.1, -0.05) is 42.5 Å². The molecule has 118 valence electrons. The van der Waals surface area contributed by atoms with Crippen LogP contribution in [-0.2, 0) is 20.9 Å². The van der Waals surface area contributed by atoms with Crippen molar-refractivity contribution in [1.29, 1.82) is 0 Å². The zero-order valence-electron chi connectivity index (χ0n) is 12.4. The number of amides is 1. The quantitative estimate of drug-likeness (QED) is 0.659. The van der Waals surface area contributed by atoms with E-state index in [-0.39, 0.29) is 18.3 Å². The van der Waals surface area contributed by atoms with Gasteiger partial charge in [-0.15, -0.1) is 0 Å². The monoisotopic (exact) mass is 313 g/mol. The predicted octanol–water partition coefficient (Wildman–Crippen LogP) is 2.70. The van der Waals surface area contributed by atoms with Gasteiger partial charge in [0.05, 0.1) is 0 Å². The Bertz CT molecular complexity index is 681. The highest BCUT2D eigenvalue weighted by Crippen LogP contribution is 2.04. The second-order valence-electron chi connectivity index (χ2n) is 4.75. The minimum atomic E-state index is -0.635. The van der Waals surface area contributed by atoms with Gasteiger partial charge in [-0.25, -0.2) is 9.18 Å². The molecule has 0 radical (unpaired) electrons. The molecule has 23 heavy (non-hydrogen) atoms. The number of hydrogen-bond donors (Lipinski definition) is 1. The lowest BCUT2D eigenvalue weighted by molar-refractivity contribution is -0.143. The van der Waals surface area contributed by atoms with Crippen LogP contribution in [0.5, 0.6) is 0 Å². The Morgan fingerprint density at radius 3 is 2.43 bits per heavy atom. The number of nitrogens with one attached hydrogen (secondary N) is 1. The van der Waals surface area contributed by atoms with Gasteiger partial charge in [0, 0.05) is 12.6 Å². The van der Waals surface area contributed by atoms with E-state index >= 15 is 0 Å². The molecule has 0 aliphatic rings. The van der Waals surface area contributed by atoms with Crippen molar-refractivity contribution in [1.82, 2.24) is 5.32 Å². The summed E-state index contributed by atoms with van der Waals surface area (Å²) in [7, 11) is 0. The molecular formula is C18H16FNO3. The van der Waals surface area contributed by atoms with E-state index in [1.165, 1.54) is 36.4 Å². The van der Waals surface area contributed by atoms with Crippen LogP contribution in [0.25, 0.3) is 6.08 Å². The van der Waals surface area contributed by atoms with E-state index < -0.39 is 5.97 Å². The average molecular weight is 313 g/mol. The number of hydrogen-bond acceptors (Lipinski definition) is 3. The smallest absolute Gasteiger partial charge is 0.331 e. The second-order valence-corrected chi connectivity index (χ2v) is 4.75. The Kier molecular flexibility index (Phi) is 6.06. The number of carbonyl (C=O) groups is 2. The van der Waals surface area contributed by atoms with Crippen molar-refractivity contribution in [3.63, 3.8) is 0 Å². The summed E-state index contributed by atoms with van der Waals surface area (Å²) in [6.07, 6.45) is 2.68. The first kappa shape index (κ1) is 16.4. The van der Waals surface area contributed by atoms with E-state index in [1.807, 2.05) is 30.3 Å². The summed E-state index contributed by atoms with van der Waals surface area (Å²) in [6.45, 7) is 0.0298. The molecule has 2 rings (SSSR count). The van der Waals surface area contributed by atoms with Gasteiger partial charge in [0.25, 0.3) is 5.91 Å². The van der Waals surface area contributed by atoms with E-state index in [1.54, 1.807) is 0 Å². The van der Waals surface area contributed by atoms with Gasteiger partial charge in [0.1, 0.15) is 5.82 Å². The summed E-state index contributed by atoms with van der Waals surface area (Å²) in [4.78, 5) is 23.1. The Morgan fingerprint density at radius 2 is 1.74 bits per heavy atom. The van der Waals surface area contributed by atoms with Gasteiger partial charge in [-0.2, -0.15) is 0 Å². The first-order chi connectivity index (χ1) is 11.1. The van der Waals surface area contributed by atoms with Crippen molar-refractivity contribution < 1.29 is 18.7 Å². The third-order valence-electron chi connectivity index (χ3n) is 2.96. The fourth-order valence-electron chi connectivity index (χ4n) is 1.77. The van der Waals surface area contributed by atoms with Crippen molar-refractivity contribution in [2.75, 3.05) is 6.61 Å². The Morgan fingerprint density at radius 1 is 1.04 bits per heavy atom. The van der Waals surface area contributed by atoms with E-state index in [0.29, 0.717) is 12.1 Å². The maximum absolute atomic E-state index is 12.7. The molecule has 1 amide bonds. The molecule has 0 spiro atoms. The van der Waals surface area contributed by atoms with Crippen LogP contribution in [0.1, 0.15) is 11.1 Å². The zero-order chi connectivity index (χ0) is 16.5. The van der Waals surface area contributed by atoms with Crippen LogP contribution in [0.2, 0.25) is 0 Å². The van der Waals surface area contributed by atoms with Crippen molar-refractivity contribution in [3.8, 4) is 0 Å². The molecule has 2 aromatic rings. The van der Waals surface area contributed by atoms with Crippen LogP contribution in [-0.4, -0.2) is 18.5 Å². The third kappa shape index (κ3) is 6.13. The number of ether oxygens (including phenoxy) is 1. The maximum Gasteiger partial charge on any atom is 0.331 e. The van der Waals surface area contributed by atoms with Crippen LogP contribution in [0.15, 0.2) is 60.7 Å². The number of esters is 1. The van der Waals surface area contributed by atoms with Crippen LogP contribution in [0, 0.1) is 5.82 Å². The molecule has 4 nitrogen and oxygen atoms in total. The maximum atomic E-state index is 12.7. The highest BCUT2D eigenvalue weighted by Gasteiger charge is 2.04. The lowest BCUT2D eigenvalue weighted by Crippen LogP contribution is -2.28. The van der Waals surface area contributed by atoms with Gasteiger partial charge in [0.15, 0.2) is 6.61 Å². The molecule has 2 aromatic carbocycles. The summed E-state index contributed by atoms with van der Waals surface area (Å²) in [5, 5.41) is 2.65. The highest BCUT2D eigenvalue weighted by molar-refractivity contribution is 5.89. The molecule has 0 aliphatic carbocycles. The van der Waals surface area contributed by atoms with Gasteiger partial charge < -0.3 is 10.1 Å². The number of halogens is 1. The minimum absolute atomic E-state index is 0.347. The van der Waals surface area contributed by atoms with E-state index in [2.05, 4.69) is 5.32 Å². The highest BCUT2D eigenvalue weighted by atomic mass is 19.1. The van der Waals surface area contributed by atoms with Crippen molar-refractivity contribution in [3.05, 3.63) is 77.6 Å². The van der Waals surface area contributed by atoms with Gasteiger partial charge in [-0.3, -0.25) is 4.79 Å². The molecule has 0 aromatic heterocycles.